The average Bonchev–Trinajstić information content (AvgIpc) is 2.83. The van der Waals surface area contributed by atoms with Gasteiger partial charge in [-0.15, -0.1) is 0 Å². The number of carbonyl (C=O) groups excluding carboxylic acids is 1. The highest BCUT2D eigenvalue weighted by molar-refractivity contribution is 8.00. The molecule has 0 spiro atoms. The van der Waals surface area contributed by atoms with E-state index < -0.39 is 0 Å². The summed E-state index contributed by atoms with van der Waals surface area (Å²) in [6, 6.07) is 5.34. The van der Waals surface area contributed by atoms with Gasteiger partial charge in [0.2, 0.25) is 0 Å². The third-order valence-corrected chi connectivity index (χ3v) is 5.01. The van der Waals surface area contributed by atoms with Crippen LogP contribution >= 0.6 is 11.8 Å². The number of benzene rings is 1. The molecule has 1 unspecified atom stereocenters. The van der Waals surface area contributed by atoms with Gasteiger partial charge in [0.1, 0.15) is 0 Å². The van der Waals surface area contributed by atoms with Gasteiger partial charge in [-0.1, -0.05) is 0 Å². The van der Waals surface area contributed by atoms with Gasteiger partial charge in [0.15, 0.2) is 0 Å². The fourth-order valence-electron chi connectivity index (χ4n) is 2.30. The number of amides is 1. The van der Waals surface area contributed by atoms with E-state index in [4.69, 9.17) is 5.73 Å². The fraction of sp³-hybridized carbons (Fsp3) is 0.500. The first-order valence-electron chi connectivity index (χ1n) is 6.53. The Labute approximate surface area is 118 Å². The molecule has 1 amide bonds. The van der Waals surface area contributed by atoms with Crippen LogP contribution in [0.25, 0.3) is 0 Å². The molecule has 2 rings (SSSR count). The van der Waals surface area contributed by atoms with Crippen molar-refractivity contribution in [3.8, 4) is 0 Å². The standard InChI is InChI=1S/C14H21N3OS/c1-14(6-3-7-19-14)9-17-12-8-10(15)4-5-11(12)13(18)16-2/h4-5,8,17H,3,6-7,9,15H2,1-2H3,(H,16,18). The first-order valence-corrected chi connectivity index (χ1v) is 7.52. The summed E-state index contributed by atoms with van der Waals surface area (Å²) in [7, 11) is 1.64. The SMILES string of the molecule is CNC(=O)c1ccc(N)cc1NCC1(C)CCCS1. The molecule has 1 atom stereocenters. The Bertz CT molecular complexity index is 470. The molecule has 104 valence electrons. The fourth-order valence-corrected chi connectivity index (χ4v) is 3.54. The summed E-state index contributed by atoms with van der Waals surface area (Å²) in [4.78, 5) is 11.8. The van der Waals surface area contributed by atoms with Crippen molar-refractivity contribution in [2.24, 2.45) is 0 Å². The van der Waals surface area contributed by atoms with Crippen molar-refractivity contribution in [1.82, 2.24) is 5.32 Å². The second-order valence-electron chi connectivity index (χ2n) is 5.14. The highest BCUT2D eigenvalue weighted by Gasteiger charge is 2.29. The van der Waals surface area contributed by atoms with Crippen LogP contribution in [0.15, 0.2) is 18.2 Å². The lowest BCUT2D eigenvalue weighted by atomic mass is 10.0. The van der Waals surface area contributed by atoms with Crippen molar-refractivity contribution in [3.63, 3.8) is 0 Å². The third kappa shape index (κ3) is 3.35. The Hall–Kier alpha value is -1.36. The molecule has 0 aromatic heterocycles. The minimum absolute atomic E-state index is 0.0910. The number of rotatable bonds is 4. The number of nitrogen functional groups attached to an aromatic ring is 1. The van der Waals surface area contributed by atoms with Gasteiger partial charge in [-0.25, -0.2) is 0 Å². The molecule has 1 aromatic carbocycles. The summed E-state index contributed by atoms with van der Waals surface area (Å²) >= 11 is 1.99. The first kappa shape index (κ1) is 14.1. The molecular weight excluding hydrogens is 258 g/mol. The highest BCUT2D eigenvalue weighted by Crippen LogP contribution is 2.38. The van der Waals surface area contributed by atoms with Crippen molar-refractivity contribution >= 4 is 29.0 Å². The third-order valence-electron chi connectivity index (χ3n) is 3.47. The van der Waals surface area contributed by atoms with Gasteiger partial charge in [-0.3, -0.25) is 4.79 Å². The van der Waals surface area contributed by atoms with E-state index >= 15 is 0 Å². The van der Waals surface area contributed by atoms with Crippen LogP contribution in [0, 0.1) is 0 Å². The molecule has 4 N–H and O–H groups in total. The van der Waals surface area contributed by atoms with Crippen LogP contribution in [0.3, 0.4) is 0 Å². The van der Waals surface area contributed by atoms with E-state index in [1.54, 1.807) is 19.2 Å². The number of carbonyl (C=O) groups is 1. The number of thioether (sulfide) groups is 1. The van der Waals surface area contributed by atoms with Crippen LogP contribution < -0.4 is 16.4 Å². The Morgan fingerprint density at radius 3 is 2.95 bits per heavy atom. The Morgan fingerprint density at radius 1 is 1.53 bits per heavy atom. The molecule has 1 heterocycles. The minimum atomic E-state index is -0.0910. The maximum atomic E-state index is 11.8. The van der Waals surface area contributed by atoms with Gasteiger partial charge in [0.05, 0.1) is 5.56 Å². The lowest BCUT2D eigenvalue weighted by Gasteiger charge is -2.24. The molecule has 4 nitrogen and oxygen atoms in total. The monoisotopic (exact) mass is 279 g/mol. The first-order chi connectivity index (χ1) is 9.04. The van der Waals surface area contributed by atoms with E-state index in [1.807, 2.05) is 17.8 Å². The molecular formula is C14H21N3OS. The van der Waals surface area contributed by atoms with Gasteiger partial charge >= 0.3 is 0 Å². The maximum absolute atomic E-state index is 11.8. The predicted octanol–water partition coefficient (Wildman–Crippen LogP) is 2.33. The van der Waals surface area contributed by atoms with E-state index in [0.717, 1.165) is 12.2 Å². The topological polar surface area (TPSA) is 67.2 Å². The zero-order valence-electron chi connectivity index (χ0n) is 11.5. The molecule has 0 radical (unpaired) electrons. The molecule has 1 aliphatic heterocycles. The number of nitrogens with two attached hydrogens (primary N) is 1. The molecule has 1 fully saturated rings. The zero-order chi connectivity index (χ0) is 13.9. The summed E-state index contributed by atoms with van der Waals surface area (Å²) in [5, 5.41) is 6.04. The molecule has 1 aromatic rings. The van der Waals surface area contributed by atoms with Crippen molar-refractivity contribution < 1.29 is 4.79 Å². The molecule has 0 bridgehead atoms. The maximum Gasteiger partial charge on any atom is 0.253 e. The van der Waals surface area contributed by atoms with Crippen molar-refractivity contribution in [1.29, 1.82) is 0 Å². The Kier molecular flexibility index (Phi) is 4.24. The van der Waals surface area contributed by atoms with E-state index in [0.29, 0.717) is 11.3 Å². The van der Waals surface area contributed by atoms with Crippen LogP contribution in [0.2, 0.25) is 0 Å². The van der Waals surface area contributed by atoms with Crippen molar-refractivity contribution in [3.05, 3.63) is 23.8 Å². The Morgan fingerprint density at radius 2 is 2.32 bits per heavy atom. The van der Waals surface area contributed by atoms with Gasteiger partial charge in [0.25, 0.3) is 5.91 Å². The number of hydrogen-bond acceptors (Lipinski definition) is 4. The summed E-state index contributed by atoms with van der Waals surface area (Å²) in [6.07, 6.45) is 2.48. The average molecular weight is 279 g/mol. The number of hydrogen-bond donors (Lipinski definition) is 3. The summed E-state index contributed by atoms with van der Waals surface area (Å²) in [5.74, 6) is 1.13. The van der Waals surface area contributed by atoms with Crippen LogP contribution in [0.4, 0.5) is 11.4 Å². The minimum Gasteiger partial charge on any atom is -0.399 e. The number of anilines is 2. The summed E-state index contributed by atoms with van der Waals surface area (Å²) in [5.41, 5.74) is 7.93. The van der Waals surface area contributed by atoms with Crippen LogP contribution in [0.1, 0.15) is 30.1 Å². The quantitative estimate of drug-likeness (QED) is 0.740. The lowest BCUT2D eigenvalue weighted by molar-refractivity contribution is 0.0964. The van der Waals surface area contributed by atoms with Crippen LogP contribution in [0.5, 0.6) is 0 Å². The molecule has 1 saturated heterocycles. The van der Waals surface area contributed by atoms with E-state index in [-0.39, 0.29) is 10.7 Å². The van der Waals surface area contributed by atoms with Crippen molar-refractivity contribution in [2.75, 3.05) is 30.4 Å². The molecule has 1 aliphatic rings. The van der Waals surface area contributed by atoms with Gasteiger partial charge < -0.3 is 16.4 Å². The smallest absolute Gasteiger partial charge is 0.253 e. The van der Waals surface area contributed by atoms with Gasteiger partial charge in [0, 0.05) is 29.7 Å². The largest absolute Gasteiger partial charge is 0.399 e. The Balaban J connectivity index is 2.14. The number of nitrogens with one attached hydrogen (secondary N) is 2. The molecule has 19 heavy (non-hydrogen) atoms. The van der Waals surface area contributed by atoms with Crippen molar-refractivity contribution in [2.45, 2.75) is 24.5 Å². The summed E-state index contributed by atoms with van der Waals surface area (Å²) in [6.45, 7) is 3.12. The zero-order valence-corrected chi connectivity index (χ0v) is 12.3. The van der Waals surface area contributed by atoms with Crippen LogP contribution in [-0.4, -0.2) is 30.0 Å². The normalized spacial score (nSPS) is 22.2. The van der Waals surface area contributed by atoms with Crippen LogP contribution in [-0.2, 0) is 0 Å². The molecule has 0 saturated carbocycles. The van der Waals surface area contributed by atoms with Gasteiger partial charge in [-0.05, 0) is 43.7 Å². The van der Waals surface area contributed by atoms with E-state index in [2.05, 4.69) is 17.6 Å². The van der Waals surface area contributed by atoms with E-state index in [9.17, 15) is 4.79 Å². The lowest BCUT2D eigenvalue weighted by Crippen LogP contribution is -2.28. The molecule has 0 aliphatic carbocycles. The predicted molar refractivity (Wildman–Crippen MR) is 82.8 cm³/mol. The summed E-state index contributed by atoms with van der Waals surface area (Å²) < 4.78 is 0.255. The molecule has 5 heteroatoms. The second kappa shape index (κ2) is 5.74. The second-order valence-corrected chi connectivity index (χ2v) is 6.82. The van der Waals surface area contributed by atoms with Gasteiger partial charge in [-0.2, -0.15) is 11.8 Å². The van der Waals surface area contributed by atoms with E-state index in [1.165, 1.54) is 18.6 Å². The highest BCUT2D eigenvalue weighted by atomic mass is 32.2.